The Bertz CT molecular complexity index is 544. The summed E-state index contributed by atoms with van der Waals surface area (Å²) in [6.45, 7) is 3.87. The zero-order valence-electron chi connectivity index (χ0n) is 10.7. The second-order valence-corrected chi connectivity index (χ2v) is 4.67. The Labute approximate surface area is 105 Å². The fraction of sp³-hybridized carbons (Fsp3) is 0.583. The average molecular weight is 247 g/mol. The summed E-state index contributed by atoms with van der Waals surface area (Å²) < 4.78 is 5.37. The topological polar surface area (TPSA) is 66.9 Å². The van der Waals surface area contributed by atoms with Crippen molar-refractivity contribution in [1.29, 1.82) is 0 Å². The molecule has 0 aliphatic carbocycles. The van der Waals surface area contributed by atoms with Gasteiger partial charge in [-0.2, -0.15) is 5.10 Å². The summed E-state index contributed by atoms with van der Waals surface area (Å²) in [7, 11) is 1.78. The van der Waals surface area contributed by atoms with Crippen LogP contribution in [0.3, 0.4) is 0 Å². The number of nitrogens with zero attached hydrogens (tertiary/aromatic N) is 4. The van der Waals surface area contributed by atoms with E-state index in [4.69, 9.17) is 4.74 Å². The van der Waals surface area contributed by atoms with Crippen LogP contribution in [0.5, 0.6) is 0 Å². The molecule has 6 heteroatoms. The highest BCUT2D eigenvalue weighted by molar-refractivity contribution is 5.76. The summed E-state index contributed by atoms with van der Waals surface area (Å²) in [6, 6.07) is 0. The maximum Gasteiger partial charge on any atom is 0.226 e. The van der Waals surface area contributed by atoms with Gasteiger partial charge >= 0.3 is 0 Å². The highest BCUT2D eigenvalue weighted by Crippen LogP contribution is 2.20. The molecule has 0 bridgehead atoms. The summed E-state index contributed by atoms with van der Waals surface area (Å²) in [5.41, 5.74) is 2.72. The van der Waals surface area contributed by atoms with Crippen molar-refractivity contribution in [2.24, 2.45) is 0 Å². The molecule has 0 amide bonds. The van der Waals surface area contributed by atoms with Crippen molar-refractivity contribution in [2.75, 3.05) is 25.1 Å². The van der Waals surface area contributed by atoms with Crippen LogP contribution in [-0.2, 0) is 4.74 Å². The summed E-state index contributed by atoms with van der Waals surface area (Å²) in [5, 5.41) is 7.07. The third-order valence-electron chi connectivity index (χ3n) is 3.51. The maximum absolute atomic E-state index is 5.37. The third-order valence-corrected chi connectivity index (χ3v) is 3.51. The standard InChI is InChI=1S/C12H17N5O/c1-8-11-10(16-15-8)7-13-12(14-11)17-5-3-9(18-2)4-6-17/h7,9H,3-6H2,1-2H3,(H,15,16). The smallest absolute Gasteiger partial charge is 0.226 e. The molecule has 6 nitrogen and oxygen atoms in total. The lowest BCUT2D eigenvalue weighted by Crippen LogP contribution is -2.37. The molecule has 3 rings (SSSR count). The molecule has 1 saturated heterocycles. The number of aromatic amines is 1. The van der Waals surface area contributed by atoms with Gasteiger partial charge in [-0.15, -0.1) is 0 Å². The number of hydrogen-bond donors (Lipinski definition) is 1. The van der Waals surface area contributed by atoms with E-state index >= 15 is 0 Å². The Morgan fingerprint density at radius 2 is 2.17 bits per heavy atom. The number of methoxy groups -OCH3 is 1. The third kappa shape index (κ3) is 1.92. The minimum atomic E-state index is 0.376. The van der Waals surface area contributed by atoms with Crippen molar-refractivity contribution in [3.63, 3.8) is 0 Å². The van der Waals surface area contributed by atoms with Gasteiger partial charge in [0.15, 0.2) is 0 Å². The SMILES string of the molecule is COC1CCN(c2ncc3n[nH]c(C)c3n2)CC1. The molecule has 0 radical (unpaired) electrons. The van der Waals surface area contributed by atoms with E-state index in [1.807, 2.05) is 6.92 Å². The van der Waals surface area contributed by atoms with Gasteiger partial charge in [0.1, 0.15) is 11.0 Å². The molecule has 2 aromatic heterocycles. The van der Waals surface area contributed by atoms with Crippen molar-refractivity contribution in [3.05, 3.63) is 11.9 Å². The quantitative estimate of drug-likeness (QED) is 0.865. The van der Waals surface area contributed by atoms with Gasteiger partial charge in [0.2, 0.25) is 5.95 Å². The molecule has 0 saturated carbocycles. The molecular weight excluding hydrogens is 230 g/mol. The van der Waals surface area contributed by atoms with E-state index in [0.29, 0.717) is 6.10 Å². The highest BCUT2D eigenvalue weighted by Gasteiger charge is 2.21. The molecule has 0 atom stereocenters. The van der Waals surface area contributed by atoms with Crippen LogP contribution in [-0.4, -0.2) is 46.5 Å². The number of piperidine rings is 1. The highest BCUT2D eigenvalue weighted by atomic mass is 16.5. The number of anilines is 1. The van der Waals surface area contributed by atoms with Crippen molar-refractivity contribution in [2.45, 2.75) is 25.9 Å². The summed E-state index contributed by atoms with van der Waals surface area (Å²) >= 11 is 0. The number of aryl methyl sites for hydroxylation is 1. The van der Waals surface area contributed by atoms with Gasteiger partial charge in [-0.1, -0.05) is 0 Å². The van der Waals surface area contributed by atoms with Gasteiger partial charge < -0.3 is 9.64 Å². The first-order chi connectivity index (χ1) is 8.78. The van der Waals surface area contributed by atoms with Crippen molar-refractivity contribution in [1.82, 2.24) is 20.2 Å². The molecule has 0 aromatic carbocycles. The molecule has 1 fully saturated rings. The van der Waals surface area contributed by atoms with Gasteiger partial charge in [-0.05, 0) is 19.8 Å². The maximum atomic E-state index is 5.37. The first-order valence-corrected chi connectivity index (χ1v) is 6.23. The second kappa shape index (κ2) is 4.53. The monoisotopic (exact) mass is 247 g/mol. The van der Waals surface area contributed by atoms with E-state index in [0.717, 1.165) is 48.6 Å². The van der Waals surface area contributed by atoms with E-state index in [1.54, 1.807) is 13.3 Å². The number of H-pyrrole nitrogens is 1. The Hall–Kier alpha value is -1.69. The summed E-state index contributed by atoms with van der Waals surface area (Å²) in [6.07, 6.45) is 4.22. The van der Waals surface area contributed by atoms with E-state index in [-0.39, 0.29) is 0 Å². The number of rotatable bonds is 2. The fourth-order valence-electron chi connectivity index (χ4n) is 2.36. The van der Waals surface area contributed by atoms with E-state index in [2.05, 4.69) is 25.1 Å². The van der Waals surface area contributed by atoms with Gasteiger partial charge in [-0.25, -0.2) is 9.97 Å². The zero-order chi connectivity index (χ0) is 12.5. The molecule has 2 aromatic rings. The van der Waals surface area contributed by atoms with Crippen LogP contribution in [0.2, 0.25) is 0 Å². The van der Waals surface area contributed by atoms with Crippen LogP contribution >= 0.6 is 0 Å². The molecular formula is C12H17N5O. The van der Waals surface area contributed by atoms with Crippen molar-refractivity contribution < 1.29 is 4.74 Å². The van der Waals surface area contributed by atoms with E-state index in [1.165, 1.54) is 0 Å². The zero-order valence-corrected chi connectivity index (χ0v) is 10.7. The van der Waals surface area contributed by atoms with Crippen LogP contribution in [0.25, 0.3) is 11.0 Å². The van der Waals surface area contributed by atoms with E-state index in [9.17, 15) is 0 Å². The fourth-order valence-corrected chi connectivity index (χ4v) is 2.36. The van der Waals surface area contributed by atoms with Gasteiger partial charge in [0, 0.05) is 20.2 Å². The average Bonchev–Trinajstić information content (AvgIpc) is 2.80. The molecule has 0 spiro atoms. The number of nitrogens with one attached hydrogen (secondary N) is 1. The Balaban J connectivity index is 1.84. The molecule has 1 N–H and O–H groups in total. The van der Waals surface area contributed by atoms with Crippen LogP contribution in [0.4, 0.5) is 5.95 Å². The van der Waals surface area contributed by atoms with Crippen LogP contribution < -0.4 is 4.90 Å². The van der Waals surface area contributed by atoms with Gasteiger partial charge in [0.25, 0.3) is 0 Å². The van der Waals surface area contributed by atoms with Crippen LogP contribution in [0, 0.1) is 6.92 Å². The van der Waals surface area contributed by atoms with Crippen LogP contribution in [0.1, 0.15) is 18.5 Å². The predicted molar refractivity (Wildman–Crippen MR) is 68.7 cm³/mol. The van der Waals surface area contributed by atoms with Crippen molar-refractivity contribution >= 4 is 17.0 Å². The molecule has 0 unspecified atom stereocenters. The van der Waals surface area contributed by atoms with E-state index < -0.39 is 0 Å². The number of aromatic nitrogens is 4. The molecule has 1 aliphatic heterocycles. The largest absolute Gasteiger partial charge is 0.381 e. The second-order valence-electron chi connectivity index (χ2n) is 4.67. The molecule has 1 aliphatic rings. The first kappa shape index (κ1) is 11.4. The van der Waals surface area contributed by atoms with Crippen LogP contribution in [0.15, 0.2) is 6.20 Å². The Morgan fingerprint density at radius 3 is 2.89 bits per heavy atom. The number of fused-ring (bicyclic) bond motifs is 1. The Kier molecular flexibility index (Phi) is 2.87. The number of ether oxygens (including phenoxy) is 1. The minimum Gasteiger partial charge on any atom is -0.381 e. The Morgan fingerprint density at radius 1 is 1.39 bits per heavy atom. The summed E-state index contributed by atoms with van der Waals surface area (Å²) in [4.78, 5) is 11.2. The minimum absolute atomic E-state index is 0.376. The molecule has 3 heterocycles. The van der Waals surface area contributed by atoms with Gasteiger partial charge in [-0.3, -0.25) is 5.10 Å². The lowest BCUT2D eigenvalue weighted by Gasteiger charge is -2.31. The van der Waals surface area contributed by atoms with Crippen molar-refractivity contribution in [3.8, 4) is 0 Å². The lowest BCUT2D eigenvalue weighted by atomic mass is 10.1. The first-order valence-electron chi connectivity index (χ1n) is 6.23. The summed E-state index contributed by atoms with van der Waals surface area (Å²) in [5.74, 6) is 0.793. The lowest BCUT2D eigenvalue weighted by molar-refractivity contribution is 0.0817. The number of hydrogen-bond acceptors (Lipinski definition) is 5. The molecule has 18 heavy (non-hydrogen) atoms. The normalized spacial score (nSPS) is 17.6. The predicted octanol–water partition coefficient (Wildman–Crippen LogP) is 1.28. The molecule has 96 valence electrons. The van der Waals surface area contributed by atoms with Gasteiger partial charge in [0.05, 0.1) is 18.0 Å².